The second kappa shape index (κ2) is 4.73. The van der Waals surface area contributed by atoms with Crippen molar-refractivity contribution in [2.45, 2.75) is 12.5 Å². The predicted octanol–water partition coefficient (Wildman–Crippen LogP) is 1.79. The van der Waals surface area contributed by atoms with Crippen LogP contribution < -0.4 is 10.1 Å². The summed E-state index contributed by atoms with van der Waals surface area (Å²) in [6.45, 7) is 0.590. The normalized spacial score (nSPS) is 17.7. The van der Waals surface area contributed by atoms with E-state index >= 15 is 0 Å². The lowest BCUT2D eigenvalue weighted by Gasteiger charge is -2.25. The first-order valence-electron chi connectivity index (χ1n) is 5.61. The number of hydrogen-bond acceptors (Lipinski definition) is 5. The van der Waals surface area contributed by atoms with Crippen molar-refractivity contribution in [3.05, 3.63) is 40.6 Å². The topological polar surface area (TPSA) is 64.1 Å². The number of aromatic nitrogens is 2. The van der Waals surface area contributed by atoms with E-state index < -0.39 is 0 Å². The Kier molecular flexibility index (Phi) is 2.93. The third-order valence-electron chi connectivity index (χ3n) is 2.76. The second-order valence-electron chi connectivity index (χ2n) is 3.92. The first-order valence-corrected chi connectivity index (χ1v) is 6.49. The maximum absolute atomic E-state index is 12.0. The van der Waals surface area contributed by atoms with Crippen LogP contribution in [0.3, 0.4) is 0 Å². The molecule has 0 fully saturated rings. The molecular formula is C12H11N3O2S. The third-order valence-corrected chi connectivity index (χ3v) is 3.53. The molecule has 0 spiro atoms. The van der Waals surface area contributed by atoms with Crippen LogP contribution in [0.25, 0.3) is 0 Å². The number of fused-ring (bicyclic) bond motifs is 1. The maximum Gasteiger partial charge on any atom is 0.263 e. The molecular weight excluding hydrogens is 250 g/mol. The Morgan fingerprint density at radius 3 is 3.33 bits per heavy atom. The maximum atomic E-state index is 12.0. The fraction of sp³-hybridized carbons (Fsp3) is 0.250. The molecule has 0 saturated heterocycles. The summed E-state index contributed by atoms with van der Waals surface area (Å²) < 4.78 is 5.50. The van der Waals surface area contributed by atoms with Crippen molar-refractivity contribution in [2.75, 3.05) is 6.61 Å². The van der Waals surface area contributed by atoms with Crippen LogP contribution in [0, 0.1) is 0 Å². The molecule has 0 aliphatic carbocycles. The van der Waals surface area contributed by atoms with Crippen molar-refractivity contribution in [1.29, 1.82) is 0 Å². The summed E-state index contributed by atoms with van der Waals surface area (Å²) in [4.78, 5) is 20.8. The third kappa shape index (κ3) is 2.06. The minimum atomic E-state index is -0.110. The van der Waals surface area contributed by atoms with E-state index in [1.54, 1.807) is 17.9 Å². The van der Waals surface area contributed by atoms with Crippen LogP contribution in [0.15, 0.2) is 30.0 Å². The van der Waals surface area contributed by atoms with Crippen LogP contribution in [0.4, 0.5) is 0 Å². The smallest absolute Gasteiger partial charge is 0.263 e. The zero-order valence-corrected chi connectivity index (χ0v) is 10.3. The highest BCUT2D eigenvalue weighted by molar-refractivity contribution is 7.11. The van der Waals surface area contributed by atoms with Crippen LogP contribution >= 0.6 is 11.3 Å². The lowest BCUT2D eigenvalue weighted by molar-refractivity contribution is 0.0927. The summed E-state index contributed by atoms with van der Waals surface area (Å²) in [6, 6.07) is 3.60. The lowest BCUT2D eigenvalue weighted by Crippen LogP contribution is -2.32. The SMILES string of the molecule is O=C(NC1CCOc2cccnc21)c1cncs1. The molecule has 92 valence electrons. The van der Waals surface area contributed by atoms with E-state index in [2.05, 4.69) is 15.3 Å². The van der Waals surface area contributed by atoms with E-state index in [1.165, 1.54) is 11.3 Å². The highest BCUT2D eigenvalue weighted by Crippen LogP contribution is 2.29. The summed E-state index contributed by atoms with van der Waals surface area (Å²) in [5.41, 5.74) is 2.44. The first-order chi connectivity index (χ1) is 8.84. The average molecular weight is 261 g/mol. The molecule has 6 heteroatoms. The van der Waals surface area contributed by atoms with Gasteiger partial charge in [-0.2, -0.15) is 0 Å². The number of hydrogen-bond donors (Lipinski definition) is 1. The minimum Gasteiger partial charge on any atom is -0.491 e. The van der Waals surface area contributed by atoms with Crippen LogP contribution in [0.5, 0.6) is 5.75 Å². The zero-order chi connectivity index (χ0) is 12.4. The van der Waals surface area contributed by atoms with Crippen LogP contribution in [-0.2, 0) is 0 Å². The molecule has 0 saturated carbocycles. The molecule has 1 atom stereocenters. The van der Waals surface area contributed by atoms with Gasteiger partial charge in [-0.1, -0.05) is 0 Å². The Labute approximate surface area is 108 Å². The number of carbonyl (C=O) groups is 1. The molecule has 2 aromatic rings. The van der Waals surface area contributed by atoms with Gasteiger partial charge in [0.2, 0.25) is 0 Å². The van der Waals surface area contributed by atoms with E-state index in [1.807, 2.05) is 12.1 Å². The Bertz CT molecular complexity index is 556. The van der Waals surface area contributed by atoms with E-state index in [0.717, 1.165) is 17.9 Å². The monoisotopic (exact) mass is 261 g/mol. The van der Waals surface area contributed by atoms with Crippen LogP contribution in [-0.4, -0.2) is 22.5 Å². The largest absolute Gasteiger partial charge is 0.491 e. The number of nitrogens with one attached hydrogen (secondary N) is 1. The van der Waals surface area contributed by atoms with Gasteiger partial charge in [0, 0.05) is 12.6 Å². The number of nitrogens with zero attached hydrogens (tertiary/aromatic N) is 2. The van der Waals surface area contributed by atoms with Crippen molar-refractivity contribution < 1.29 is 9.53 Å². The van der Waals surface area contributed by atoms with Crippen molar-refractivity contribution in [1.82, 2.24) is 15.3 Å². The Morgan fingerprint density at radius 1 is 1.56 bits per heavy atom. The molecule has 1 aliphatic heterocycles. The molecule has 1 unspecified atom stereocenters. The molecule has 1 aliphatic rings. The number of thiazole rings is 1. The van der Waals surface area contributed by atoms with Gasteiger partial charge < -0.3 is 10.1 Å². The van der Waals surface area contributed by atoms with Gasteiger partial charge in [0.15, 0.2) is 0 Å². The summed E-state index contributed by atoms with van der Waals surface area (Å²) in [5.74, 6) is 0.638. The fourth-order valence-corrected chi connectivity index (χ4v) is 2.43. The summed E-state index contributed by atoms with van der Waals surface area (Å²) >= 11 is 1.33. The second-order valence-corrected chi connectivity index (χ2v) is 4.80. The van der Waals surface area contributed by atoms with Gasteiger partial charge in [-0.05, 0) is 12.1 Å². The van der Waals surface area contributed by atoms with E-state index in [0.29, 0.717) is 11.5 Å². The number of ether oxygens (including phenoxy) is 1. The van der Waals surface area contributed by atoms with Gasteiger partial charge in [0.1, 0.15) is 16.3 Å². The first kappa shape index (κ1) is 11.2. The van der Waals surface area contributed by atoms with Gasteiger partial charge in [0.05, 0.1) is 24.4 Å². The zero-order valence-electron chi connectivity index (χ0n) is 9.50. The predicted molar refractivity (Wildman–Crippen MR) is 66.7 cm³/mol. The van der Waals surface area contributed by atoms with Crippen molar-refractivity contribution in [3.8, 4) is 5.75 Å². The number of amides is 1. The van der Waals surface area contributed by atoms with Gasteiger partial charge in [-0.15, -0.1) is 11.3 Å². The quantitative estimate of drug-likeness (QED) is 0.895. The van der Waals surface area contributed by atoms with Crippen LogP contribution in [0.2, 0.25) is 0 Å². The summed E-state index contributed by atoms with van der Waals surface area (Å²) in [6.07, 6.45) is 4.01. The molecule has 1 amide bonds. The van der Waals surface area contributed by atoms with Crippen LogP contribution in [0.1, 0.15) is 27.8 Å². The lowest BCUT2D eigenvalue weighted by atomic mass is 10.1. The van der Waals surface area contributed by atoms with Gasteiger partial charge in [0.25, 0.3) is 5.91 Å². The Balaban J connectivity index is 1.80. The number of rotatable bonds is 2. The van der Waals surface area contributed by atoms with Gasteiger partial charge in [-0.3, -0.25) is 14.8 Å². The van der Waals surface area contributed by atoms with Gasteiger partial charge in [-0.25, -0.2) is 0 Å². The fourth-order valence-electron chi connectivity index (χ4n) is 1.91. The van der Waals surface area contributed by atoms with Crippen molar-refractivity contribution in [2.24, 2.45) is 0 Å². The minimum absolute atomic E-state index is 0.0930. The van der Waals surface area contributed by atoms with E-state index in [4.69, 9.17) is 4.74 Å². The summed E-state index contributed by atoms with van der Waals surface area (Å²) in [7, 11) is 0. The molecule has 5 nitrogen and oxygen atoms in total. The number of pyridine rings is 1. The van der Waals surface area contributed by atoms with Gasteiger partial charge >= 0.3 is 0 Å². The number of carbonyl (C=O) groups excluding carboxylic acids is 1. The molecule has 18 heavy (non-hydrogen) atoms. The van der Waals surface area contributed by atoms with E-state index in [9.17, 15) is 4.79 Å². The molecule has 2 aromatic heterocycles. The summed E-state index contributed by atoms with van der Waals surface area (Å²) in [5, 5.41) is 2.97. The highest BCUT2D eigenvalue weighted by Gasteiger charge is 2.24. The average Bonchev–Trinajstić information content (AvgIpc) is 2.93. The molecule has 3 heterocycles. The molecule has 0 bridgehead atoms. The molecule has 1 N–H and O–H groups in total. The van der Waals surface area contributed by atoms with Crippen molar-refractivity contribution >= 4 is 17.2 Å². The van der Waals surface area contributed by atoms with E-state index in [-0.39, 0.29) is 11.9 Å². The molecule has 3 rings (SSSR count). The van der Waals surface area contributed by atoms with Crippen molar-refractivity contribution in [3.63, 3.8) is 0 Å². The molecule has 0 aromatic carbocycles. The Hall–Kier alpha value is -1.95. The highest BCUT2D eigenvalue weighted by atomic mass is 32.1. The standard InChI is InChI=1S/C12H11N3O2S/c16-12(10-6-13-7-18-10)15-8-3-5-17-9-2-1-4-14-11(8)9/h1-2,4,6-8H,3,5H2,(H,15,16). The molecule has 0 radical (unpaired) electrons. The Morgan fingerprint density at radius 2 is 2.50 bits per heavy atom.